The molecule has 2 aromatic carbocycles. The third-order valence-corrected chi connectivity index (χ3v) is 3.23. The summed E-state index contributed by atoms with van der Waals surface area (Å²) < 4.78 is 18.1. The van der Waals surface area contributed by atoms with Crippen molar-refractivity contribution in [3.63, 3.8) is 0 Å². The Labute approximate surface area is 137 Å². The Morgan fingerprint density at radius 2 is 2.08 bits per heavy atom. The van der Waals surface area contributed by atoms with Crippen LogP contribution in [0.1, 0.15) is 5.56 Å². The molecule has 24 heavy (non-hydrogen) atoms. The minimum Gasteiger partial charge on any atom is -0.494 e. The van der Waals surface area contributed by atoms with E-state index in [-0.39, 0.29) is 17.3 Å². The lowest BCUT2D eigenvalue weighted by Crippen LogP contribution is -2.30. The average molecular weight is 333 g/mol. The van der Waals surface area contributed by atoms with E-state index in [2.05, 4.69) is 10.6 Å². The molecule has 0 spiro atoms. The van der Waals surface area contributed by atoms with Gasteiger partial charge in [-0.1, -0.05) is 12.1 Å². The summed E-state index contributed by atoms with van der Waals surface area (Å²) >= 11 is 0. The van der Waals surface area contributed by atoms with Crippen LogP contribution in [0, 0.1) is 15.9 Å². The molecule has 0 radical (unpaired) electrons. The van der Waals surface area contributed by atoms with Crippen molar-refractivity contribution in [2.24, 2.45) is 0 Å². The van der Waals surface area contributed by atoms with Crippen molar-refractivity contribution in [2.75, 3.05) is 19.0 Å². The second-order valence-electron chi connectivity index (χ2n) is 4.90. The molecule has 0 bridgehead atoms. The predicted molar refractivity (Wildman–Crippen MR) is 86.8 cm³/mol. The summed E-state index contributed by atoms with van der Waals surface area (Å²) in [5.74, 6) is -0.142. The van der Waals surface area contributed by atoms with E-state index in [1.807, 2.05) is 0 Å². The van der Waals surface area contributed by atoms with Crippen molar-refractivity contribution in [3.8, 4) is 5.75 Å². The molecule has 2 aromatic rings. The summed E-state index contributed by atoms with van der Waals surface area (Å²) in [5.41, 5.74) is 0.943. The molecule has 0 aromatic heterocycles. The predicted octanol–water partition coefficient (Wildman–Crippen LogP) is 3.11. The van der Waals surface area contributed by atoms with Gasteiger partial charge in [-0.3, -0.25) is 10.1 Å². The molecule has 2 N–H and O–H groups in total. The topological polar surface area (TPSA) is 93.5 Å². The lowest BCUT2D eigenvalue weighted by Gasteiger charge is -2.11. The van der Waals surface area contributed by atoms with Gasteiger partial charge in [-0.25, -0.2) is 9.18 Å². The van der Waals surface area contributed by atoms with Gasteiger partial charge in [-0.15, -0.1) is 0 Å². The summed E-state index contributed by atoms with van der Waals surface area (Å²) in [6, 6.07) is 9.52. The van der Waals surface area contributed by atoms with Gasteiger partial charge in [-0.2, -0.15) is 0 Å². The summed E-state index contributed by atoms with van der Waals surface area (Å²) in [7, 11) is 1.35. The number of amides is 2. The van der Waals surface area contributed by atoms with Gasteiger partial charge in [0, 0.05) is 12.6 Å². The maximum absolute atomic E-state index is 13.1. The first kappa shape index (κ1) is 17.2. The maximum atomic E-state index is 13.1. The molecule has 0 aliphatic rings. The Morgan fingerprint density at radius 1 is 1.29 bits per heavy atom. The molecule has 7 nitrogen and oxygen atoms in total. The molecular formula is C16H16FN3O4. The van der Waals surface area contributed by atoms with Crippen LogP contribution >= 0.6 is 0 Å². The molecule has 0 fully saturated rings. The van der Waals surface area contributed by atoms with Crippen LogP contribution in [0.4, 0.5) is 20.6 Å². The molecule has 8 heteroatoms. The second kappa shape index (κ2) is 7.91. The summed E-state index contributed by atoms with van der Waals surface area (Å²) in [5, 5.41) is 15.9. The number of nitro benzene ring substituents is 1. The normalized spacial score (nSPS) is 10.1. The van der Waals surface area contributed by atoms with Crippen LogP contribution in [0.5, 0.6) is 5.75 Å². The van der Waals surface area contributed by atoms with E-state index >= 15 is 0 Å². The standard InChI is InChI=1S/C16H16FN3O4/c1-24-15-10-13(20(22)23)5-6-14(15)19-16(21)18-8-7-11-3-2-4-12(17)9-11/h2-6,9-10H,7-8H2,1H3,(H2,18,19,21). The smallest absolute Gasteiger partial charge is 0.319 e. The Balaban J connectivity index is 1.91. The number of carbonyl (C=O) groups excluding carboxylic acids is 1. The van der Waals surface area contributed by atoms with Gasteiger partial charge in [0.2, 0.25) is 0 Å². The monoisotopic (exact) mass is 333 g/mol. The van der Waals surface area contributed by atoms with Crippen molar-refractivity contribution in [3.05, 3.63) is 64.0 Å². The third kappa shape index (κ3) is 4.67. The Kier molecular flexibility index (Phi) is 5.67. The largest absolute Gasteiger partial charge is 0.494 e. The summed E-state index contributed by atoms with van der Waals surface area (Å²) in [6.07, 6.45) is 0.475. The summed E-state index contributed by atoms with van der Waals surface area (Å²) in [6.45, 7) is 0.310. The molecule has 126 valence electrons. The zero-order valence-electron chi connectivity index (χ0n) is 12.9. The average Bonchev–Trinajstić information content (AvgIpc) is 2.55. The Morgan fingerprint density at radius 3 is 2.75 bits per heavy atom. The van der Waals surface area contributed by atoms with E-state index in [0.29, 0.717) is 18.7 Å². The first-order valence-electron chi connectivity index (χ1n) is 7.11. The number of anilines is 1. The van der Waals surface area contributed by atoms with Gasteiger partial charge < -0.3 is 15.4 Å². The van der Waals surface area contributed by atoms with Gasteiger partial charge in [0.05, 0.1) is 23.8 Å². The van der Waals surface area contributed by atoms with Gasteiger partial charge in [0.25, 0.3) is 5.69 Å². The zero-order chi connectivity index (χ0) is 17.5. The highest BCUT2D eigenvalue weighted by Crippen LogP contribution is 2.28. The number of methoxy groups -OCH3 is 1. The van der Waals surface area contributed by atoms with Crippen LogP contribution in [0.2, 0.25) is 0 Å². The summed E-state index contributed by atoms with van der Waals surface area (Å²) in [4.78, 5) is 22.0. The van der Waals surface area contributed by atoms with E-state index in [1.54, 1.807) is 12.1 Å². The maximum Gasteiger partial charge on any atom is 0.319 e. The first-order valence-corrected chi connectivity index (χ1v) is 7.11. The van der Waals surface area contributed by atoms with Crippen molar-refractivity contribution >= 4 is 17.4 Å². The fourth-order valence-electron chi connectivity index (χ4n) is 2.08. The Hall–Kier alpha value is -3.16. The molecule has 0 saturated heterocycles. The molecule has 0 unspecified atom stereocenters. The molecule has 0 heterocycles. The lowest BCUT2D eigenvalue weighted by molar-refractivity contribution is -0.384. The minimum atomic E-state index is -0.550. The van der Waals surface area contributed by atoms with Crippen LogP contribution in [0.15, 0.2) is 42.5 Å². The molecule has 0 saturated carbocycles. The number of hydrogen-bond acceptors (Lipinski definition) is 4. The molecule has 0 aliphatic carbocycles. The number of hydrogen-bond donors (Lipinski definition) is 2. The van der Waals surface area contributed by atoms with Gasteiger partial charge in [-0.05, 0) is 30.2 Å². The van der Waals surface area contributed by atoms with Crippen molar-refractivity contribution in [1.29, 1.82) is 0 Å². The zero-order valence-corrected chi connectivity index (χ0v) is 12.9. The highest BCUT2D eigenvalue weighted by atomic mass is 19.1. The van der Waals surface area contributed by atoms with Crippen LogP contribution in [0.3, 0.4) is 0 Å². The molecular weight excluding hydrogens is 317 g/mol. The minimum absolute atomic E-state index is 0.135. The van der Waals surface area contributed by atoms with Crippen molar-refractivity contribution in [1.82, 2.24) is 5.32 Å². The van der Waals surface area contributed by atoms with E-state index in [0.717, 1.165) is 5.56 Å². The number of non-ortho nitro benzene ring substituents is 1. The highest BCUT2D eigenvalue weighted by molar-refractivity contribution is 5.91. The van der Waals surface area contributed by atoms with Gasteiger partial charge in [0.15, 0.2) is 0 Å². The molecule has 2 amide bonds. The van der Waals surface area contributed by atoms with Gasteiger partial charge in [0.1, 0.15) is 11.6 Å². The third-order valence-electron chi connectivity index (χ3n) is 3.23. The fourth-order valence-corrected chi connectivity index (χ4v) is 2.08. The lowest BCUT2D eigenvalue weighted by atomic mass is 10.1. The van der Waals surface area contributed by atoms with E-state index in [9.17, 15) is 19.3 Å². The number of benzene rings is 2. The number of nitro groups is 1. The Bertz CT molecular complexity index is 752. The fraction of sp³-hybridized carbons (Fsp3) is 0.188. The van der Waals surface area contributed by atoms with Crippen LogP contribution in [0.25, 0.3) is 0 Å². The quantitative estimate of drug-likeness (QED) is 0.627. The number of nitrogens with one attached hydrogen (secondary N) is 2. The molecule has 0 aliphatic heterocycles. The second-order valence-corrected chi connectivity index (χ2v) is 4.90. The van der Waals surface area contributed by atoms with Crippen LogP contribution in [-0.2, 0) is 6.42 Å². The molecule has 2 rings (SSSR count). The van der Waals surface area contributed by atoms with Crippen molar-refractivity contribution in [2.45, 2.75) is 6.42 Å². The molecule has 0 atom stereocenters. The number of ether oxygens (including phenoxy) is 1. The van der Waals surface area contributed by atoms with Crippen molar-refractivity contribution < 1.29 is 18.8 Å². The van der Waals surface area contributed by atoms with Crippen LogP contribution in [-0.4, -0.2) is 24.6 Å². The number of carbonyl (C=O) groups is 1. The highest BCUT2D eigenvalue weighted by Gasteiger charge is 2.13. The number of nitrogens with zero attached hydrogens (tertiary/aromatic N) is 1. The number of urea groups is 1. The number of halogens is 1. The van der Waals surface area contributed by atoms with E-state index in [1.165, 1.54) is 37.4 Å². The van der Waals surface area contributed by atoms with E-state index in [4.69, 9.17) is 4.74 Å². The number of rotatable bonds is 6. The van der Waals surface area contributed by atoms with E-state index < -0.39 is 11.0 Å². The first-order chi connectivity index (χ1) is 11.5. The van der Waals surface area contributed by atoms with Crippen LogP contribution < -0.4 is 15.4 Å². The van der Waals surface area contributed by atoms with Gasteiger partial charge >= 0.3 is 6.03 Å². The SMILES string of the molecule is COc1cc([N+](=O)[O-])ccc1NC(=O)NCCc1cccc(F)c1.